The number of nitrogens with zero attached hydrogens (tertiary/aromatic N) is 7. The quantitative estimate of drug-likeness (QED) is 0.425. The number of aliphatic hydroxyl groups is 1. The third-order valence-electron chi connectivity index (χ3n) is 6.28. The Morgan fingerprint density at radius 2 is 1.88 bits per heavy atom. The van der Waals surface area contributed by atoms with E-state index in [0.29, 0.717) is 17.7 Å². The fourth-order valence-electron chi connectivity index (χ4n) is 4.38. The molecule has 1 fully saturated rings. The first-order valence-electron chi connectivity index (χ1n) is 10.4. The van der Waals surface area contributed by atoms with E-state index in [2.05, 4.69) is 26.0 Å². The van der Waals surface area contributed by atoms with E-state index in [4.69, 9.17) is 11.5 Å². The van der Waals surface area contributed by atoms with Gasteiger partial charge in [0.05, 0.1) is 29.5 Å². The molecule has 32 heavy (non-hydrogen) atoms. The second-order valence-corrected chi connectivity index (χ2v) is 8.39. The first-order valence-corrected chi connectivity index (χ1v) is 10.4. The molecule has 0 unspecified atom stereocenters. The van der Waals surface area contributed by atoms with E-state index in [1.807, 2.05) is 31.4 Å². The number of amides is 1. The number of fused-ring (bicyclic) bond motifs is 2. The van der Waals surface area contributed by atoms with Crippen LogP contribution in [0, 0.1) is 20.8 Å². The summed E-state index contributed by atoms with van der Waals surface area (Å²) in [5, 5.41) is 10.7. The second kappa shape index (κ2) is 7.16. The average Bonchev–Trinajstić information content (AvgIpc) is 3.39. The zero-order valence-corrected chi connectivity index (χ0v) is 18.1. The van der Waals surface area contributed by atoms with Crippen molar-refractivity contribution in [1.82, 2.24) is 34.0 Å². The molecule has 1 saturated heterocycles. The monoisotopic (exact) mass is 435 g/mol. The van der Waals surface area contributed by atoms with Gasteiger partial charge in [-0.3, -0.25) is 4.79 Å². The number of rotatable bonds is 3. The molecule has 166 valence electrons. The second-order valence-electron chi connectivity index (χ2n) is 8.39. The number of carbonyl (C=O) groups excluding carboxylic acids is 1. The average molecular weight is 435 g/mol. The predicted molar refractivity (Wildman–Crippen MR) is 120 cm³/mol. The number of anilines is 2. The van der Waals surface area contributed by atoms with Crippen LogP contribution >= 0.6 is 0 Å². The number of aliphatic hydroxyl groups excluding tert-OH is 1. The minimum Gasteiger partial charge on any atom is -0.389 e. The fourth-order valence-corrected chi connectivity index (χ4v) is 4.38. The Labute approximate surface area is 183 Å². The Morgan fingerprint density at radius 1 is 1.12 bits per heavy atom. The summed E-state index contributed by atoms with van der Waals surface area (Å²) in [6.07, 6.45) is 0.773. The summed E-state index contributed by atoms with van der Waals surface area (Å²) in [5.74, 6) is 0.896. The van der Waals surface area contributed by atoms with Crippen LogP contribution in [-0.2, 0) is 11.3 Å². The van der Waals surface area contributed by atoms with Crippen LogP contribution in [0.5, 0.6) is 0 Å². The van der Waals surface area contributed by atoms with Gasteiger partial charge in [0.1, 0.15) is 17.9 Å². The number of benzene rings is 1. The number of nitrogens with two attached hydrogens (primary N) is 2. The molecule has 11 heteroatoms. The maximum atomic E-state index is 13.2. The Bertz CT molecular complexity index is 1370. The van der Waals surface area contributed by atoms with Crippen molar-refractivity contribution in [2.75, 3.05) is 24.6 Å². The zero-order chi connectivity index (χ0) is 22.7. The highest BCUT2D eigenvalue weighted by Gasteiger charge is 2.36. The van der Waals surface area contributed by atoms with Crippen LogP contribution in [0.25, 0.3) is 22.2 Å². The van der Waals surface area contributed by atoms with Crippen molar-refractivity contribution in [3.63, 3.8) is 0 Å². The Morgan fingerprint density at radius 3 is 2.66 bits per heavy atom. The molecular formula is C21H25N9O2. The van der Waals surface area contributed by atoms with E-state index in [-0.39, 0.29) is 30.8 Å². The normalized spacial score (nSPS) is 18.8. The standard InChI is InChI=1S/C21H25N9O2/c1-10-4-13-14(5-11(10)2)29(12(3)25-13)8-17(32)28-6-15(16(31)7-28)30-9-24-18-19(22)26-21(23)27-20(18)30/h4-5,9,15-16,31H,6-8H2,1-3H3,(H4,22,23,26,27)/t15-,16-/m0/s1. The highest BCUT2D eigenvalue weighted by Crippen LogP contribution is 2.28. The molecule has 11 nitrogen and oxygen atoms in total. The van der Waals surface area contributed by atoms with Gasteiger partial charge in [0.25, 0.3) is 0 Å². The van der Waals surface area contributed by atoms with E-state index in [1.54, 1.807) is 15.8 Å². The molecule has 2 atom stereocenters. The van der Waals surface area contributed by atoms with Crippen molar-refractivity contribution >= 4 is 39.9 Å². The minimum absolute atomic E-state index is 0.0326. The van der Waals surface area contributed by atoms with Crippen LogP contribution in [-0.4, -0.2) is 64.2 Å². The number of aromatic nitrogens is 6. The molecule has 0 aliphatic carbocycles. The number of hydrogen-bond acceptors (Lipinski definition) is 8. The predicted octanol–water partition coefficient (Wildman–Crippen LogP) is 0.710. The number of likely N-dealkylation sites (tertiary alicyclic amines) is 1. The lowest BCUT2D eigenvalue weighted by Gasteiger charge is -2.18. The van der Waals surface area contributed by atoms with Crippen LogP contribution in [0.1, 0.15) is 23.0 Å². The minimum atomic E-state index is -0.778. The lowest BCUT2D eigenvalue weighted by Crippen LogP contribution is -2.33. The van der Waals surface area contributed by atoms with Crippen LogP contribution in [0.4, 0.5) is 11.8 Å². The topological polar surface area (TPSA) is 154 Å². The smallest absolute Gasteiger partial charge is 0.242 e. The van der Waals surface area contributed by atoms with Gasteiger partial charge in [-0.15, -0.1) is 0 Å². The molecule has 3 aromatic heterocycles. The lowest BCUT2D eigenvalue weighted by molar-refractivity contribution is -0.131. The summed E-state index contributed by atoms with van der Waals surface area (Å²) in [7, 11) is 0. The molecule has 1 aromatic carbocycles. The number of β-amino-alcohol motifs (C(OH)–C–C–N with tert-alkyl or cyclic N) is 1. The molecule has 1 amide bonds. The number of carbonyl (C=O) groups is 1. The van der Waals surface area contributed by atoms with Crippen molar-refractivity contribution in [2.24, 2.45) is 0 Å². The van der Waals surface area contributed by atoms with Gasteiger partial charge < -0.3 is 30.6 Å². The number of imidazole rings is 2. The largest absolute Gasteiger partial charge is 0.389 e. The maximum Gasteiger partial charge on any atom is 0.242 e. The van der Waals surface area contributed by atoms with Crippen molar-refractivity contribution < 1.29 is 9.90 Å². The van der Waals surface area contributed by atoms with Crippen molar-refractivity contribution in [3.8, 4) is 0 Å². The van der Waals surface area contributed by atoms with Crippen molar-refractivity contribution in [1.29, 1.82) is 0 Å². The van der Waals surface area contributed by atoms with Gasteiger partial charge in [-0.1, -0.05) is 0 Å². The molecule has 0 radical (unpaired) electrons. The molecule has 4 heterocycles. The van der Waals surface area contributed by atoms with Crippen LogP contribution in [0.3, 0.4) is 0 Å². The van der Waals surface area contributed by atoms with Gasteiger partial charge in [-0.2, -0.15) is 9.97 Å². The Kier molecular flexibility index (Phi) is 4.52. The van der Waals surface area contributed by atoms with Crippen LogP contribution in [0.15, 0.2) is 18.5 Å². The van der Waals surface area contributed by atoms with E-state index >= 15 is 0 Å². The molecule has 5 N–H and O–H groups in total. The molecule has 1 aliphatic rings. The molecule has 0 saturated carbocycles. The van der Waals surface area contributed by atoms with Crippen molar-refractivity contribution in [2.45, 2.75) is 39.5 Å². The Hall–Kier alpha value is -3.73. The molecule has 5 rings (SSSR count). The highest BCUT2D eigenvalue weighted by atomic mass is 16.3. The molecular weight excluding hydrogens is 410 g/mol. The zero-order valence-electron chi connectivity index (χ0n) is 18.1. The number of aryl methyl sites for hydroxylation is 3. The van der Waals surface area contributed by atoms with Gasteiger partial charge in [-0.05, 0) is 44.0 Å². The fraction of sp³-hybridized carbons (Fsp3) is 0.381. The van der Waals surface area contributed by atoms with Crippen molar-refractivity contribution in [3.05, 3.63) is 35.4 Å². The van der Waals surface area contributed by atoms with Gasteiger partial charge in [0.2, 0.25) is 11.9 Å². The lowest BCUT2D eigenvalue weighted by atomic mass is 10.1. The third-order valence-corrected chi connectivity index (χ3v) is 6.28. The van der Waals surface area contributed by atoms with E-state index < -0.39 is 12.1 Å². The van der Waals surface area contributed by atoms with Crippen LogP contribution in [0.2, 0.25) is 0 Å². The van der Waals surface area contributed by atoms with Gasteiger partial charge in [-0.25, -0.2) is 9.97 Å². The summed E-state index contributed by atoms with van der Waals surface area (Å²) >= 11 is 0. The van der Waals surface area contributed by atoms with Crippen LogP contribution < -0.4 is 11.5 Å². The number of hydrogen-bond donors (Lipinski definition) is 3. The van der Waals surface area contributed by atoms with E-state index in [9.17, 15) is 9.90 Å². The summed E-state index contributed by atoms with van der Waals surface area (Å²) < 4.78 is 3.64. The third kappa shape index (κ3) is 3.12. The summed E-state index contributed by atoms with van der Waals surface area (Å²) in [6, 6.07) is 3.69. The van der Waals surface area contributed by atoms with Gasteiger partial charge >= 0.3 is 0 Å². The summed E-state index contributed by atoms with van der Waals surface area (Å²) in [5.41, 5.74) is 16.6. The SMILES string of the molecule is Cc1cc2nc(C)n(CC(=O)N3C[C@H](O)[C@@H](n4cnc5c(N)nc(N)nc54)C3)c2cc1C. The molecule has 4 aromatic rings. The highest BCUT2D eigenvalue weighted by molar-refractivity contribution is 5.84. The van der Waals surface area contributed by atoms with E-state index in [1.165, 1.54) is 0 Å². The summed E-state index contributed by atoms with van der Waals surface area (Å²) in [6.45, 7) is 6.67. The Balaban J connectivity index is 1.41. The first kappa shape index (κ1) is 20.2. The molecule has 1 aliphatic heterocycles. The van der Waals surface area contributed by atoms with Gasteiger partial charge in [0, 0.05) is 13.1 Å². The van der Waals surface area contributed by atoms with E-state index in [0.717, 1.165) is 28.0 Å². The molecule has 0 bridgehead atoms. The molecule has 0 spiro atoms. The first-order chi connectivity index (χ1) is 15.2. The number of nitrogen functional groups attached to an aromatic ring is 2. The summed E-state index contributed by atoms with van der Waals surface area (Å²) in [4.78, 5) is 31.8. The maximum absolute atomic E-state index is 13.2. The van der Waals surface area contributed by atoms with Gasteiger partial charge in [0.15, 0.2) is 11.5 Å².